The summed E-state index contributed by atoms with van der Waals surface area (Å²) in [5.41, 5.74) is 8.86. The Hall–Kier alpha value is -2.40. The minimum atomic E-state index is 0.0358. The number of imidazole rings is 1. The van der Waals surface area contributed by atoms with E-state index in [9.17, 15) is 4.79 Å². The van der Waals surface area contributed by atoms with E-state index >= 15 is 0 Å². The molecule has 5 heteroatoms. The second kappa shape index (κ2) is 6.38. The fraction of sp³-hybridized carbons (Fsp3) is 0.111. The second-order valence-electron chi connectivity index (χ2n) is 5.36. The van der Waals surface area contributed by atoms with Crippen LogP contribution >= 0.6 is 15.9 Å². The van der Waals surface area contributed by atoms with Gasteiger partial charge in [0.15, 0.2) is 5.78 Å². The van der Waals surface area contributed by atoms with Crippen molar-refractivity contribution in [1.82, 2.24) is 4.57 Å². The zero-order chi connectivity index (χ0) is 16.4. The van der Waals surface area contributed by atoms with Crippen LogP contribution in [0.2, 0.25) is 0 Å². The Balaban J connectivity index is 1.93. The molecule has 0 fully saturated rings. The first-order valence-electron chi connectivity index (χ1n) is 7.25. The number of rotatable bonds is 4. The van der Waals surface area contributed by atoms with Crippen molar-refractivity contribution in [2.45, 2.75) is 6.54 Å². The highest BCUT2D eigenvalue weighted by Crippen LogP contribution is 2.23. The first kappa shape index (κ1) is 15.5. The molecule has 0 saturated carbocycles. The summed E-state index contributed by atoms with van der Waals surface area (Å²) in [7, 11) is 1.90. The van der Waals surface area contributed by atoms with Gasteiger partial charge in [-0.05, 0) is 12.1 Å². The smallest absolute Gasteiger partial charge is 0.291 e. The molecule has 0 radical (unpaired) electrons. The summed E-state index contributed by atoms with van der Waals surface area (Å²) in [5, 5.41) is 0. The third-order valence-electron chi connectivity index (χ3n) is 3.81. The molecule has 3 aromatic rings. The highest BCUT2D eigenvalue weighted by atomic mass is 79.9. The molecule has 0 atom stereocenters. The van der Waals surface area contributed by atoms with Crippen molar-refractivity contribution in [3.8, 4) is 11.3 Å². The maximum Gasteiger partial charge on any atom is 0.355 e. The molecule has 0 amide bonds. The lowest BCUT2D eigenvalue weighted by Crippen LogP contribution is -2.39. The number of nitrogens with zero attached hydrogens (tertiary/aromatic N) is 2. The molecule has 1 heterocycles. The van der Waals surface area contributed by atoms with Gasteiger partial charge < -0.3 is 0 Å². The molecule has 0 aliphatic carbocycles. The third kappa shape index (κ3) is 3.19. The first-order chi connectivity index (χ1) is 11.1. The van der Waals surface area contributed by atoms with Gasteiger partial charge in [-0.25, -0.2) is 9.13 Å². The molecule has 0 aliphatic heterocycles. The van der Waals surface area contributed by atoms with E-state index in [4.69, 9.17) is 5.73 Å². The van der Waals surface area contributed by atoms with E-state index in [1.54, 1.807) is 4.57 Å². The van der Waals surface area contributed by atoms with E-state index in [-0.39, 0.29) is 12.3 Å². The Morgan fingerprint density at radius 2 is 1.91 bits per heavy atom. The maximum atomic E-state index is 12.4. The summed E-state index contributed by atoms with van der Waals surface area (Å²) in [6, 6.07) is 17.2. The van der Waals surface area contributed by atoms with Gasteiger partial charge in [0.25, 0.3) is 0 Å². The lowest BCUT2D eigenvalue weighted by atomic mass is 10.1. The molecule has 0 unspecified atom stereocenters. The second-order valence-corrected chi connectivity index (χ2v) is 6.27. The predicted molar refractivity (Wildman–Crippen MR) is 93.9 cm³/mol. The molecular formula is C18H17BrN3O+. The van der Waals surface area contributed by atoms with Crippen molar-refractivity contribution < 1.29 is 9.36 Å². The summed E-state index contributed by atoms with van der Waals surface area (Å²) in [6.45, 7) is 0.220. The number of carbonyl (C=O) groups excluding carboxylic acids is 1. The van der Waals surface area contributed by atoms with E-state index in [1.165, 1.54) is 0 Å². The van der Waals surface area contributed by atoms with Crippen LogP contribution in [0, 0.1) is 0 Å². The number of hydrogen-bond donors (Lipinski definition) is 1. The van der Waals surface area contributed by atoms with E-state index in [2.05, 4.69) is 15.9 Å². The van der Waals surface area contributed by atoms with Crippen LogP contribution in [0.5, 0.6) is 0 Å². The molecule has 3 rings (SSSR count). The SMILES string of the molecule is Cn1c(-c2cccc(Br)c2)c[n+](CC(=O)c2ccccc2)c1N. The average molecular weight is 371 g/mol. The van der Waals surface area contributed by atoms with Crippen LogP contribution in [-0.2, 0) is 13.6 Å². The number of ketones is 1. The predicted octanol–water partition coefficient (Wildman–Crippen LogP) is 3.21. The summed E-state index contributed by atoms with van der Waals surface area (Å²) in [4.78, 5) is 12.4. The maximum absolute atomic E-state index is 12.4. The summed E-state index contributed by atoms with van der Waals surface area (Å²) >= 11 is 3.48. The highest BCUT2D eigenvalue weighted by Gasteiger charge is 2.20. The van der Waals surface area contributed by atoms with Crippen molar-refractivity contribution in [2.24, 2.45) is 7.05 Å². The van der Waals surface area contributed by atoms with Crippen LogP contribution in [0.1, 0.15) is 10.4 Å². The van der Waals surface area contributed by atoms with Crippen LogP contribution in [-0.4, -0.2) is 10.4 Å². The van der Waals surface area contributed by atoms with Crippen molar-refractivity contribution in [3.05, 3.63) is 70.8 Å². The number of carbonyl (C=O) groups is 1. The van der Waals surface area contributed by atoms with Gasteiger partial charge in [0.05, 0.1) is 7.05 Å². The number of nitrogens with two attached hydrogens (primary N) is 1. The normalized spacial score (nSPS) is 10.7. The lowest BCUT2D eigenvalue weighted by molar-refractivity contribution is -0.667. The van der Waals surface area contributed by atoms with Crippen molar-refractivity contribution in [3.63, 3.8) is 0 Å². The minimum absolute atomic E-state index is 0.0358. The number of halogens is 1. The fourth-order valence-corrected chi connectivity index (χ4v) is 2.93. The van der Waals surface area contributed by atoms with Crippen LogP contribution in [0.3, 0.4) is 0 Å². The molecule has 0 saturated heterocycles. The largest absolute Gasteiger partial charge is 0.355 e. The number of benzene rings is 2. The molecular weight excluding hydrogens is 354 g/mol. The van der Waals surface area contributed by atoms with Gasteiger partial charge >= 0.3 is 5.95 Å². The Labute approximate surface area is 143 Å². The molecule has 4 nitrogen and oxygen atoms in total. The molecule has 0 spiro atoms. The van der Waals surface area contributed by atoms with Crippen molar-refractivity contribution in [2.75, 3.05) is 5.73 Å². The lowest BCUT2D eigenvalue weighted by Gasteiger charge is -2.00. The van der Waals surface area contributed by atoms with Gasteiger partial charge in [0, 0.05) is 15.6 Å². The monoisotopic (exact) mass is 370 g/mol. The summed E-state index contributed by atoms with van der Waals surface area (Å²) < 4.78 is 4.67. The van der Waals surface area contributed by atoms with Gasteiger partial charge in [0.2, 0.25) is 0 Å². The number of nitrogen functional groups attached to an aromatic ring is 1. The molecule has 1 aromatic heterocycles. The molecule has 116 valence electrons. The van der Waals surface area contributed by atoms with E-state index < -0.39 is 0 Å². The Morgan fingerprint density at radius 1 is 1.17 bits per heavy atom. The van der Waals surface area contributed by atoms with Gasteiger partial charge in [-0.3, -0.25) is 10.5 Å². The molecule has 2 N–H and O–H groups in total. The number of Topliss-reactive ketones (excluding diaryl/α,β-unsaturated/α-hetero) is 1. The Bertz CT molecular complexity index is 856. The molecule has 0 bridgehead atoms. The minimum Gasteiger partial charge on any atom is -0.291 e. The zero-order valence-electron chi connectivity index (χ0n) is 12.7. The first-order valence-corrected chi connectivity index (χ1v) is 8.04. The van der Waals surface area contributed by atoms with Gasteiger partial charge in [0.1, 0.15) is 18.4 Å². The molecule has 0 aliphatic rings. The third-order valence-corrected chi connectivity index (χ3v) is 4.30. The fourth-order valence-electron chi connectivity index (χ4n) is 2.53. The molecule has 2 aromatic carbocycles. The highest BCUT2D eigenvalue weighted by molar-refractivity contribution is 9.10. The summed E-state index contributed by atoms with van der Waals surface area (Å²) in [5.74, 6) is 0.581. The average Bonchev–Trinajstić information content (AvgIpc) is 2.84. The number of aromatic nitrogens is 2. The van der Waals surface area contributed by atoms with Crippen LogP contribution in [0.4, 0.5) is 5.95 Å². The van der Waals surface area contributed by atoms with Gasteiger partial charge in [-0.2, -0.15) is 0 Å². The van der Waals surface area contributed by atoms with Crippen molar-refractivity contribution >= 4 is 27.7 Å². The van der Waals surface area contributed by atoms with E-state index in [1.807, 2.05) is 72.4 Å². The van der Waals surface area contributed by atoms with E-state index in [0.29, 0.717) is 11.5 Å². The zero-order valence-corrected chi connectivity index (χ0v) is 14.3. The Morgan fingerprint density at radius 3 is 2.61 bits per heavy atom. The van der Waals surface area contributed by atoms with E-state index in [0.717, 1.165) is 15.7 Å². The Kier molecular flexibility index (Phi) is 4.30. The summed E-state index contributed by atoms with van der Waals surface area (Å²) in [6.07, 6.45) is 1.91. The standard InChI is InChI=1S/C18H16BrN3O/c1-21-16(14-8-5-9-15(19)10-14)11-22(18(21)20)12-17(23)13-6-3-2-4-7-13/h2-11,20H,12H2,1H3/p+1. The quantitative estimate of drug-likeness (QED) is 0.566. The van der Waals surface area contributed by atoms with Crippen LogP contribution in [0.25, 0.3) is 11.3 Å². The van der Waals surface area contributed by atoms with Gasteiger partial charge in [-0.15, -0.1) is 0 Å². The number of hydrogen-bond acceptors (Lipinski definition) is 2. The van der Waals surface area contributed by atoms with Crippen LogP contribution in [0.15, 0.2) is 65.3 Å². The van der Waals surface area contributed by atoms with Gasteiger partial charge in [-0.1, -0.05) is 58.4 Å². The number of anilines is 1. The molecule has 23 heavy (non-hydrogen) atoms. The van der Waals surface area contributed by atoms with Crippen LogP contribution < -0.4 is 10.3 Å². The van der Waals surface area contributed by atoms with Crippen molar-refractivity contribution in [1.29, 1.82) is 0 Å². The topological polar surface area (TPSA) is 51.9 Å².